The van der Waals surface area contributed by atoms with E-state index in [1.807, 2.05) is 11.8 Å². The van der Waals surface area contributed by atoms with Gasteiger partial charge in [-0.3, -0.25) is 4.79 Å². The summed E-state index contributed by atoms with van der Waals surface area (Å²) in [6, 6.07) is 1.01. The Balaban J connectivity index is 1.51. The number of aromatic nitrogens is 1. The Morgan fingerprint density at radius 1 is 1.42 bits per heavy atom. The molecule has 3 heterocycles. The van der Waals surface area contributed by atoms with Crippen molar-refractivity contribution in [2.24, 2.45) is 23.5 Å². The molecule has 4 aliphatic rings. The number of ether oxygens (including phenoxy) is 2. The maximum absolute atomic E-state index is 15.5. The van der Waals surface area contributed by atoms with Crippen LogP contribution in [0, 0.1) is 23.6 Å². The van der Waals surface area contributed by atoms with Gasteiger partial charge in [0.05, 0.1) is 23.1 Å². The lowest BCUT2D eigenvalue weighted by atomic mass is 9.78. The molecule has 8 nitrogen and oxygen atoms in total. The number of pyridine rings is 1. The molecular weight excluding hydrogens is 405 g/mol. The van der Waals surface area contributed by atoms with Gasteiger partial charge in [0.25, 0.3) is 0 Å². The van der Waals surface area contributed by atoms with Crippen LogP contribution in [0.5, 0.6) is 11.5 Å². The van der Waals surface area contributed by atoms with Crippen molar-refractivity contribution in [2.75, 3.05) is 24.6 Å². The van der Waals surface area contributed by atoms with Crippen molar-refractivity contribution in [3.05, 3.63) is 28.3 Å². The molecule has 2 aliphatic carbocycles. The number of hydrogen-bond acceptors (Lipinski definition) is 6. The van der Waals surface area contributed by atoms with Crippen LogP contribution in [0.1, 0.15) is 32.2 Å². The van der Waals surface area contributed by atoms with Crippen LogP contribution in [0.3, 0.4) is 0 Å². The summed E-state index contributed by atoms with van der Waals surface area (Å²) in [4.78, 5) is 25.9. The molecule has 1 saturated heterocycles. The van der Waals surface area contributed by atoms with Crippen molar-refractivity contribution < 1.29 is 23.8 Å². The highest BCUT2D eigenvalue weighted by Crippen LogP contribution is 2.57. The molecule has 164 valence electrons. The quantitative estimate of drug-likeness (QED) is 0.707. The van der Waals surface area contributed by atoms with E-state index < -0.39 is 17.4 Å². The predicted octanol–water partition coefficient (Wildman–Crippen LogP) is 2.71. The average molecular weight is 429 g/mol. The van der Waals surface area contributed by atoms with Crippen molar-refractivity contribution in [2.45, 2.75) is 37.8 Å². The van der Waals surface area contributed by atoms with Gasteiger partial charge in [-0.1, -0.05) is 0 Å². The van der Waals surface area contributed by atoms with Gasteiger partial charge in [0.2, 0.25) is 5.43 Å². The van der Waals surface area contributed by atoms with Gasteiger partial charge in [-0.2, -0.15) is 0 Å². The zero-order valence-corrected chi connectivity index (χ0v) is 17.1. The first-order chi connectivity index (χ1) is 14.8. The fraction of sp³-hybridized carbons (Fsp3) is 0.545. The monoisotopic (exact) mass is 429 g/mol. The molecule has 5 unspecified atom stereocenters. The molecule has 2 bridgehead atoms. The van der Waals surface area contributed by atoms with Crippen LogP contribution in [0.15, 0.2) is 17.1 Å². The predicted molar refractivity (Wildman–Crippen MR) is 110 cm³/mol. The van der Waals surface area contributed by atoms with E-state index in [1.54, 1.807) is 4.57 Å². The van der Waals surface area contributed by atoms with Gasteiger partial charge < -0.3 is 29.8 Å². The normalized spacial score (nSPS) is 32.9. The zero-order chi connectivity index (χ0) is 21.7. The van der Waals surface area contributed by atoms with Crippen LogP contribution in [0.4, 0.5) is 14.9 Å². The Kier molecular flexibility index (Phi) is 3.74. The Labute approximate surface area is 177 Å². The minimum atomic E-state index is -1.59. The molecule has 2 aliphatic heterocycles. The summed E-state index contributed by atoms with van der Waals surface area (Å²) < 4.78 is 27.9. The van der Waals surface area contributed by atoms with Crippen LogP contribution < -0.4 is 25.5 Å². The van der Waals surface area contributed by atoms with Gasteiger partial charge in [-0.05, 0) is 50.0 Å². The van der Waals surface area contributed by atoms with Crippen molar-refractivity contribution >= 4 is 22.7 Å². The Hall–Kier alpha value is -2.81. The third-order valence-corrected chi connectivity index (χ3v) is 7.95. The van der Waals surface area contributed by atoms with Crippen LogP contribution in [-0.2, 0) is 0 Å². The lowest BCUT2D eigenvalue weighted by Gasteiger charge is -2.33. The summed E-state index contributed by atoms with van der Waals surface area (Å²) in [7, 11) is 0. The van der Waals surface area contributed by atoms with Crippen LogP contribution >= 0.6 is 0 Å². The Bertz CT molecular complexity index is 1200. The molecule has 1 aromatic carbocycles. The molecule has 9 heteroatoms. The highest BCUT2D eigenvalue weighted by molar-refractivity contribution is 5.93. The maximum Gasteiger partial charge on any atom is 0.511 e. The summed E-state index contributed by atoms with van der Waals surface area (Å²) in [5.74, 6) is 0.831. The summed E-state index contributed by atoms with van der Waals surface area (Å²) in [5.41, 5.74) is 6.71. The first-order valence-electron chi connectivity index (χ1n) is 10.8. The third-order valence-electron chi connectivity index (χ3n) is 7.95. The maximum atomic E-state index is 15.5. The summed E-state index contributed by atoms with van der Waals surface area (Å²) in [6.45, 7) is 3.57. The van der Waals surface area contributed by atoms with E-state index in [9.17, 15) is 9.59 Å². The van der Waals surface area contributed by atoms with Gasteiger partial charge in [-0.15, -0.1) is 0 Å². The average Bonchev–Trinajstić information content (AvgIpc) is 3.38. The van der Waals surface area contributed by atoms with Gasteiger partial charge >= 0.3 is 6.16 Å². The van der Waals surface area contributed by atoms with Crippen molar-refractivity contribution in [3.8, 4) is 11.5 Å². The molecule has 6 rings (SSSR count). The Morgan fingerprint density at radius 2 is 2.23 bits per heavy atom. The number of carboxylic acid groups (broad SMARTS) is 1. The highest BCUT2D eigenvalue weighted by atomic mass is 19.1. The van der Waals surface area contributed by atoms with Gasteiger partial charge in [0, 0.05) is 18.6 Å². The molecule has 5 atom stereocenters. The topological polar surface area (TPSA) is 107 Å². The Morgan fingerprint density at radius 3 is 2.97 bits per heavy atom. The van der Waals surface area contributed by atoms with Crippen LogP contribution in [0.2, 0.25) is 0 Å². The lowest BCUT2D eigenvalue weighted by molar-refractivity contribution is 0.143. The number of anilines is 1. The fourth-order valence-electron chi connectivity index (χ4n) is 6.59. The molecule has 0 amide bonds. The van der Waals surface area contributed by atoms with Gasteiger partial charge in [0.1, 0.15) is 12.3 Å². The number of nitrogens with two attached hydrogens (primary N) is 1. The van der Waals surface area contributed by atoms with Gasteiger partial charge in [0.15, 0.2) is 17.3 Å². The number of carbonyl (C=O) groups is 1. The third kappa shape index (κ3) is 2.49. The number of hydrogen-bond donors (Lipinski definition) is 2. The first-order valence-corrected chi connectivity index (χ1v) is 10.8. The second-order valence-electron chi connectivity index (χ2n) is 9.60. The van der Waals surface area contributed by atoms with Crippen molar-refractivity contribution in [1.29, 1.82) is 0 Å². The number of halogens is 1. The standard InChI is InChI=1S/C22H24FN3O5/c1-10-9-30-20-17-12(19(27)16(8-26(10)17)31-21(28)29)4-15(23)18(20)25-6-13-11-2-3-22(24,5-11)14(13)7-25/h4,8,10-11,13-14H,2-3,5-7,9,24H2,1H3,(H,28,29). The number of rotatable bonds is 2. The van der Waals surface area contributed by atoms with E-state index in [1.165, 1.54) is 12.3 Å². The second kappa shape index (κ2) is 6.12. The van der Waals surface area contributed by atoms with E-state index in [0.29, 0.717) is 41.3 Å². The molecule has 3 N–H and O–H groups in total. The SMILES string of the molecule is CC1COc2c(N3CC4C5CCC(N)(C5)C4C3)c(F)cc3c(=O)c(OC(=O)O)cn1c23. The molecule has 1 aromatic heterocycles. The largest absolute Gasteiger partial charge is 0.511 e. The minimum Gasteiger partial charge on any atom is -0.487 e. The summed E-state index contributed by atoms with van der Waals surface area (Å²) >= 11 is 0. The smallest absolute Gasteiger partial charge is 0.487 e. The summed E-state index contributed by atoms with van der Waals surface area (Å²) in [5, 5.41) is 9.02. The van der Waals surface area contributed by atoms with E-state index in [-0.39, 0.29) is 29.3 Å². The number of nitrogens with zero attached hydrogens (tertiary/aromatic N) is 2. The number of fused-ring (bicyclic) bond motifs is 5. The second-order valence-corrected chi connectivity index (χ2v) is 9.60. The van der Waals surface area contributed by atoms with Crippen LogP contribution in [-0.4, -0.2) is 41.1 Å². The highest BCUT2D eigenvalue weighted by Gasteiger charge is 2.59. The van der Waals surface area contributed by atoms with E-state index in [4.69, 9.17) is 15.6 Å². The van der Waals surface area contributed by atoms with Crippen LogP contribution in [0.25, 0.3) is 10.9 Å². The number of benzene rings is 1. The molecular formula is C22H24FN3O5. The molecule has 2 aromatic rings. The zero-order valence-electron chi connectivity index (χ0n) is 17.1. The van der Waals surface area contributed by atoms with Gasteiger partial charge in [-0.25, -0.2) is 9.18 Å². The first kappa shape index (κ1) is 18.9. The lowest BCUT2D eigenvalue weighted by Crippen LogP contribution is -2.45. The van der Waals surface area contributed by atoms with E-state index in [0.717, 1.165) is 25.8 Å². The van der Waals surface area contributed by atoms with Crippen molar-refractivity contribution in [3.63, 3.8) is 0 Å². The van der Waals surface area contributed by atoms with Crippen molar-refractivity contribution in [1.82, 2.24) is 4.57 Å². The molecule has 2 saturated carbocycles. The summed E-state index contributed by atoms with van der Waals surface area (Å²) in [6.07, 6.45) is 3.02. The molecule has 0 spiro atoms. The fourth-order valence-corrected chi connectivity index (χ4v) is 6.59. The molecule has 31 heavy (non-hydrogen) atoms. The van der Waals surface area contributed by atoms with E-state index in [2.05, 4.69) is 4.74 Å². The minimum absolute atomic E-state index is 0.0521. The van der Waals surface area contributed by atoms with E-state index >= 15 is 4.39 Å². The molecule has 0 radical (unpaired) electrons. The molecule has 3 fully saturated rings.